The van der Waals surface area contributed by atoms with E-state index in [1.165, 1.54) is 6.07 Å². The molecule has 3 aromatic rings. The fourth-order valence-electron chi connectivity index (χ4n) is 3.21. The maximum atomic E-state index is 13.8. The molecule has 8 heteroatoms. The number of benzene rings is 1. The Labute approximate surface area is 160 Å². The van der Waals surface area contributed by atoms with E-state index in [0.717, 1.165) is 5.69 Å². The third kappa shape index (κ3) is 3.53. The van der Waals surface area contributed by atoms with Crippen molar-refractivity contribution in [1.82, 2.24) is 24.8 Å². The van der Waals surface area contributed by atoms with Crippen molar-refractivity contribution in [2.24, 2.45) is 0 Å². The van der Waals surface area contributed by atoms with Gasteiger partial charge in [0.1, 0.15) is 11.5 Å². The van der Waals surface area contributed by atoms with Crippen molar-refractivity contribution in [3.63, 3.8) is 0 Å². The van der Waals surface area contributed by atoms with Crippen LogP contribution in [0.1, 0.15) is 22.5 Å². The minimum atomic E-state index is -0.400. The number of aromatic nitrogens is 4. The van der Waals surface area contributed by atoms with E-state index in [1.807, 2.05) is 6.92 Å². The maximum Gasteiger partial charge on any atom is 0.254 e. The molecule has 0 saturated heterocycles. The Balaban J connectivity index is 1.59. The van der Waals surface area contributed by atoms with E-state index < -0.39 is 5.82 Å². The molecule has 2 aromatic heterocycles. The molecule has 3 heterocycles. The number of aromatic amines is 1. The Morgan fingerprint density at radius 3 is 2.82 bits per heavy atom. The van der Waals surface area contributed by atoms with Gasteiger partial charge in [-0.15, -0.1) is 0 Å². The summed E-state index contributed by atoms with van der Waals surface area (Å²) in [5.41, 5.74) is 2.44. The standard InChI is InChI=1S/C20H18FN5O2/c1-12-9-23-16(10-22-12)19-24-17-11-26(7-6-14(17)20(28)25-19)18(27)8-13-4-2-3-5-15(13)21/h2-5,9-10H,6-8,11H2,1H3,(H,24,25,28). The van der Waals surface area contributed by atoms with Crippen molar-refractivity contribution in [1.29, 1.82) is 0 Å². The van der Waals surface area contributed by atoms with Gasteiger partial charge in [-0.05, 0) is 25.0 Å². The Bertz CT molecular complexity index is 1090. The lowest BCUT2D eigenvalue weighted by atomic mass is 10.0. The molecule has 1 N–H and O–H groups in total. The van der Waals surface area contributed by atoms with Crippen molar-refractivity contribution in [2.75, 3.05) is 6.54 Å². The number of rotatable bonds is 3. The van der Waals surface area contributed by atoms with Crippen LogP contribution in [-0.2, 0) is 24.2 Å². The predicted molar refractivity (Wildman–Crippen MR) is 99.8 cm³/mol. The van der Waals surface area contributed by atoms with Crippen LogP contribution in [0.5, 0.6) is 0 Å². The zero-order valence-corrected chi connectivity index (χ0v) is 15.3. The summed E-state index contributed by atoms with van der Waals surface area (Å²) in [5, 5.41) is 0. The van der Waals surface area contributed by atoms with Gasteiger partial charge in [0.2, 0.25) is 5.91 Å². The summed E-state index contributed by atoms with van der Waals surface area (Å²) < 4.78 is 13.8. The highest BCUT2D eigenvalue weighted by molar-refractivity contribution is 5.79. The highest BCUT2D eigenvalue weighted by Gasteiger charge is 2.25. The van der Waals surface area contributed by atoms with Gasteiger partial charge in [0.25, 0.3) is 5.56 Å². The molecule has 1 aliphatic rings. The zero-order valence-electron chi connectivity index (χ0n) is 15.3. The van der Waals surface area contributed by atoms with Gasteiger partial charge in [0, 0.05) is 18.3 Å². The molecule has 0 bridgehead atoms. The first kappa shape index (κ1) is 18.0. The second kappa shape index (κ2) is 7.30. The second-order valence-corrected chi connectivity index (χ2v) is 6.72. The van der Waals surface area contributed by atoms with Crippen LogP contribution in [0.25, 0.3) is 11.5 Å². The zero-order chi connectivity index (χ0) is 19.7. The maximum absolute atomic E-state index is 13.8. The Morgan fingerprint density at radius 2 is 2.07 bits per heavy atom. The molecule has 0 unspecified atom stereocenters. The summed E-state index contributed by atoms with van der Waals surface area (Å²) in [5.74, 6) is -0.280. The smallest absolute Gasteiger partial charge is 0.254 e. The van der Waals surface area contributed by atoms with Gasteiger partial charge in [-0.2, -0.15) is 0 Å². The van der Waals surface area contributed by atoms with Gasteiger partial charge in [0.05, 0.1) is 30.6 Å². The lowest BCUT2D eigenvalue weighted by Gasteiger charge is -2.28. The van der Waals surface area contributed by atoms with Crippen LogP contribution in [-0.4, -0.2) is 37.3 Å². The number of H-pyrrole nitrogens is 1. The average Bonchev–Trinajstić information content (AvgIpc) is 2.69. The molecule has 7 nitrogen and oxygen atoms in total. The van der Waals surface area contributed by atoms with Crippen LogP contribution in [0.15, 0.2) is 41.5 Å². The molecule has 0 spiro atoms. The Morgan fingerprint density at radius 1 is 1.25 bits per heavy atom. The lowest BCUT2D eigenvalue weighted by molar-refractivity contribution is -0.131. The normalized spacial score (nSPS) is 13.3. The van der Waals surface area contributed by atoms with E-state index in [1.54, 1.807) is 35.5 Å². The first-order chi connectivity index (χ1) is 13.5. The van der Waals surface area contributed by atoms with E-state index >= 15 is 0 Å². The van der Waals surface area contributed by atoms with Crippen LogP contribution < -0.4 is 5.56 Å². The van der Waals surface area contributed by atoms with Crippen LogP contribution in [0.2, 0.25) is 0 Å². The predicted octanol–water partition coefficient (Wildman–Crippen LogP) is 1.80. The topological polar surface area (TPSA) is 91.8 Å². The van der Waals surface area contributed by atoms with Gasteiger partial charge >= 0.3 is 0 Å². The minimum absolute atomic E-state index is 0.0263. The SMILES string of the molecule is Cc1cnc(-c2nc3c(c(=O)[nH]2)CCN(C(=O)Cc2ccccc2F)C3)cn1. The molecule has 0 aliphatic carbocycles. The van der Waals surface area contributed by atoms with Crippen LogP contribution in [0.3, 0.4) is 0 Å². The summed E-state index contributed by atoms with van der Waals surface area (Å²) in [6.07, 6.45) is 3.52. The summed E-state index contributed by atoms with van der Waals surface area (Å²) in [7, 11) is 0. The number of nitrogens with one attached hydrogen (secondary N) is 1. The van der Waals surface area contributed by atoms with Crippen molar-refractivity contribution in [3.8, 4) is 11.5 Å². The molecule has 0 fully saturated rings. The monoisotopic (exact) mass is 379 g/mol. The number of aryl methyl sites for hydroxylation is 1. The van der Waals surface area contributed by atoms with Crippen molar-refractivity contribution in [2.45, 2.75) is 26.3 Å². The summed E-state index contributed by atoms with van der Waals surface area (Å²) in [6, 6.07) is 6.23. The number of halogens is 1. The van der Waals surface area contributed by atoms with Gasteiger partial charge in [-0.1, -0.05) is 18.2 Å². The molecule has 28 heavy (non-hydrogen) atoms. The molecule has 0 atom stereocenters. The number of carbonyl (C=O) groups excluding carboxylic acids is 1. The van der Waals surface area contributed by atoms with E-state index in [0.29, 0.717) is 41.3 Å². The fourth-order valence-corrected chi connectivity index (χ4v) is 3.21. The van der Waals surface area contributed by atoms with Crippen LogP contribution >= 0.6 is 0 Å². The number of fused-ring (bicyclic) bond motifs is 1. The van der Waals surface area contributed by atoms with Gasteiger partial charge in [0.15, 0.2) is 5.82 Å². The first-order valence-corrected chi connectivity index (χ1v) is 8.93. The molecular formula is C20H18FN5O2. The van der Waals surface area contributed by atoms with E-state index in [-0.39, 0.29) is 24.4 Å². The van der Waals surface area contributed by atoms with Gasteiger partial charge < -0.3 is 9.88 Å². The van der Waals surface area contributed by atoms with Gasteiger partial charge in [-0.3, -0.25) is 14.6 Å². The summed E-state index contributed by atoms with van der Waals surface area (Å²) in [6.45, 7) is 2.42. The summed E-state index contributed by atoms with van der Waals surface area (Å²) in [4.78, 5) is 42.3. The first-order valence-electron chi connectivity index (χ1n) is 8.93. The summed E-state index contributed by atoms with van der Waals surface area (Å²) >= 11 is 0. The Hall–Kier alpha value is -3.42. The van der Waals surface area contributed by atoms with E-state index in [2.05, 4.69) is 19.9 Å². The Kier molecular flexibility index (Phi) is 4.68. The molecule has 0 saturated carbocycles. The van der Waals surface area contributed by atoms with Gasteiger partial charge in [-0.25, -0.2) is 14.4 Å². The van der Waals surface area contributed by atoms with Crippen LogP contribution in [0.4, 0.5) is 4.39 Å². The van der Waals surface area contributed by atoms with E-state index in [9.17, 15) is 14.0 Å². The molecule has 1 aromatic carbocycles. The minimum Gasteiger partial charge on any atom is -0.336 e. The quantitative estimate of drug-likeness (QED) is 0.749. The second-order valence-electron chi connectivity index (χ2n) is 6.72. The number of nitrogens with zero attached hydrogens (tertiary/aromatic N) is 4. The largest absolute Gasteiger partial charge is 0.336 e. The van der Waals surface area contributed by atoms with Crippen molar-refractivity contribution in [3.05, 3.63) is 75.3 Å². The third-order valence-corrected chi connectivity index (χ3v) is 4.75. The van der Waals surface area contributed by atoms with Crippen molar-refractivity contribution >= 4 is 5.91 Å². The number of hydrogen-bond donors (Lipinski definition) is 1. The molecule has 4 rings (SSSR count). The highest BCUT2D eigenvalue weighted by atomic mass is 19.1. The number of hydrogen-bond acceptors (Lipinski definition) is 5. The number of amides is 1. The van der Waals surface area contributed by atoms with Crippen LogP contribution in [0, 0.1) is 12.7 Å². The fraction of sp³-hybridized carbons (Fsp3) is 0.250. The lowest BCUT2D eigenvalue weighted by Crippen LogP contribution is -2.40. The molecule has 142 valence electrons. The van der Waals surface area contributed by atoms with E-state index in [4.69, 9.17) is 0 Å². The average molecular weight is 379 g/mol. The molecule has 1 aliphatic heterocycles. The third-order valence-electron chi connectivity index (χ3n) is 4.75. The molecular weight excluding hydrogens is 361 g/mol. The highest BCUT2D eigenvalue weighted by Crippen LogP contribution is 2.18. The number of carbonyl (C=O) groups is 1. The molecule has 1 amide bonds. The molecule has 0 radical (unpaired) electrons. The van der Waals surface area contributed by atoms with Crippen molar-refractivity contribution < 1.29 is 9.18 Å².